The summed E-state index contributed by atoms with van der Waals surface area (Å²) in [6.07, 6.45) is 2.66. The minimum Gasteiger partial charge on any atom is -0.492 e. The lowest BCUT2D eigenvalue weighted by Crippen LogP contribution is -2.40. The van der Waals surface area contributed by atoms with E-state index in [4.69, 9.17) is 10.5 Å². The van der Waals surface area contributed by atoms with Gasteiger partial charge in [-0.3, -0.25) is 4.79 Å². The van der Waals surface area contributed by atoms with E-state index in [1.54, 1.807) is 0 Å². The molecule has 0 spiro atoms. The van der Waals surface area contributed by atoms with Crippen molar-refractivity contribution in [1.82, 2.24) is 4.90 Å². The number of nitrogens with zero attached hydrogens (tertiary/aromatic N) is 1. The number of nitrogens with two attached hydrogens (primary N) is 1. The molecule has 1 amide bonds. The summed E-state index contributed by atoms with van der Waals surface area (Å²) in [6.45, 7) is 4.84. The zero-order valence-electron chi connectivity index (χ0n) is 15.5. The number of benzene rings is 2. The van der Waals surface area contributed by atoms with Crippen LogP contribution in [0.25, 0.3) is 0 Å². The van der Waals surface area contributed by atoms with Gasteiger partial charge in [-0.25, -0.2) is 0 Å². The fourth-order valence-electron chi connectivity index (χ4n) is 3.67. The summed E-state index contributed by atoms with van der Waals surface area (Å²) >= 11 is 0. The number of hydrogen-bond acceptors (Lipinski definition) is 3. The van der Waals surface area contributed by atoms with Gasteiger partial charge in [-0.15, -0.1) is 0 Å². The summed E-state index contributed by atoms with van der Waals surface area (Å²) in [4.78, 5) is 14.8. The van der Waals surface area contributed by atoms with E-state index in [1.165, 1.54) is 11.1 Å². The van der Waals surface area contributed by atoms with Crippen LogP contribution in [0.15, 0.2) is 48.5 Å². The Morgan fingerprint density at radius 3 is 2.69 bits per heavy atom. The van der Waals surface area contributed by atoms with E-state index in [-0.39, 0.29) is 5.91 Å². The smallest absolute Gasteiger partial charge is 0.227 e. The quantitative estimate of drug-likeness (QED) is 0.868. The summed E-state index contributed by atoms with van der Waals surface area (Å²) in [5.74, 6) is 1.45. The number of amides is 1. The second-order valence-electron chi connectivity index (χ2n) is 6.99. The van der Waals surface area contributed by atoms with Gasteiger partial charge in [0.25, 0.3) is 0 Å². The molecule has 1 unspecified atom stereocenters. The van der Waals surface area contributed by atoms with Gasteiger partial charge in [0.2, 0.25) is 5.91 Å². The van der Waals surface area contributed by atoms with Gasteiger partial charge in [0, 0.05) is 25.6 Å². The van der Waals surface area contributed by atoms with Crippen molar-refractivity contribution < 1.29 is 9.53 Å². The van der Waals surface area contributed by atoms with Gasteiger partial charge in [0.05, 0.1) is 6.42 Å². The third kappa shape index (κ3) is 4.64. The van der Waals surface area contributed by atoms with Crippen LogP contribution in [-0.2, 0) is 11.2 Å². The molecule has 3 rings (SSSR count). The highest BCUT2D eigenvalue weighted by molar-refractivity contribution is 5.79. The van der Waals surface area contributed by atoms with Crippen molar-refractivity contribution >= 4 is 5.91 Å². The Bertz CT molecular complexity index is 727. The van der Waals surface area contributed by atoms with Crippen molar-refractivity contribution in [3.63, 3.8) is 0 Å². The lowest BCUT2D eigenvalue weighted by Gasteiger charge is -2.34. The van der Waals surface area contributed by atoms with Crippen molar-refractivity contribution in [2.24, 2.45) is 5.73 Å². The van der Waals surface area contributed by atoms with Gasteiger partial charge in [0.1, 0.15) is 12.4 Å². The van der Waals surface area contributed by atoms with Crippen LogP contribution in [0, 0.1) is 6.92 Å². The van der Waals surface area contributed by atoms with E-state index in [9.17, 15) is 4.79 Å². The van der Waals surface area contributed by atoms with Gasteiger partial charge in [-0.1, -0.05) is 36.4 Å². The first kappa shape index (κ1) is 18.5. The number of carbonyl (C=O) groups is 1. The van der Waals surface area contributed by atoms with Gasteiger partial charge >= 0.3 is 0 Å². The Morgan fingerprint density at radius 2 is 1.96 bits per heavy atom. The van der Waals surface area contributed by atoms with Gasteiger partial charge < -0.3 is 15.4 Å². The molecule has 0 aliphatic carbocycles. The minimum atomic E-state index is 0.207. The Morgan fingerprint density at radius 1 is 1.19 bits per heavy atom. The van der Waals surface area contributed by atoms with E-state index < -0.39 is 0 Å². The van der Waals surface area contributed by atoms with E-state index >= 15 is 0 Å². The molecule has 2 N–H and O–H groups in total. The SMILES string of the molecule is Cc1ccccc1C1CCCN(C(=O)Cc2ccc(OCCN)cc2)C1. The zero-order chi connectivity index (χ0) is 18.4. The molecule has 1 heterocycles. The second kappa shape index (κ2) is 8.86. The molecule has 1 aliphatic heterocycles. The predicted molar refractivity (Wildman–Crippen MR) is 104 cm³/mol. The third-order valence-corrected chi connectivity index (χ3v) is 5.07. The largest absolute Gasteiger partial charge is 0.492 e. The van der Waals surface area contributed by atoms with Crippen molar-refractivity contribution in [3.8, 4) is 5.75 Å². The minimum absolute atomic E-state index is 0.207. The standard InChI is InChI=1S/C22H28N2O2/c1-17-5-2-3-7-21(17)19-6-4-13-24(16-19)22(25)15-18-8-10-20(11-9-18)26-14-12-23/h2-3,5,7-11,19H,4,6,12-16,23H2,1H3. The molecule has 4 nitrogen and oxygen atoms in total. The highest BCUT2D eigenvalue weighted by Crippen LogP contribution is 2.29. The fraction of sp³-hybridized carbons (Fsp3) is 0.409. The van der Waals surface area contributed by atoms with E-state index in [0.717, 1.165) is 37.2 Å². The lowest BCUT2D eigenvalue weighted by atomic mass is 9.88. The topological polar surface area (TPSA) is 55.6 Å². The van der Waals surface area contributed by atoms with Crippen LogP contribution in [-0.4, -0.2) is 37.0 Å². The maximum absolute atomic E-state index is 12.8. The Hall–Kier alpha value is -2.33. The summed E-state index contributed by atoms with van der Waals surface area (Å²) in [6, 6.07) is 16.3. The summed E-state index contributed by atoms with van der Waals surface area (Å²) in [5.41, 5.74) is 9.16. The van der Waals surface area contributed by atoms with Gasteiger partial charge in [0.15, 0.2) is 0 Å². The van der Waals surface area contributed by atoms with Crippen LogP contribution in [0.4, 0.5) is 0 Å². The first-order valence-electron chi connectivity index (χ1n) is 9.42. The van der Waals surface area contributed by atoms with Crippen molar-refractivity contribution in [1.29, 1.82) is 0 Å². The maximum atomic E-state index is 12.8. The van der Waals surface area contributed by atoms with Crippen molar-refractivity contribution in [3.05, 3.63) is 65.2 Å². The molecular formula is C22H28N2O2. The molecule has 1 aliphatic rings. The first-order valence-corrected chi connectivity index (χ1v) is 9.42. The Kier molecular flexibility index (Phi) is 6.29. The zero-order valence-corrected chi connectivity index (χ0v) is 15.5. The van der Waals surface area contributed by atoms with Crippen LogP contribution < -0.4 is 10.5 Å². The van der Waals surface area contributed by atoms with E-state index in [0.29, 0.717) is 25.5 Å². The molecule has 1 atom stereocenters. The Labute approximate surface area is 156 Å². The molecule has 4 heteroatoms. The van der Waals surface area contributed by atoms with Crippen LogP contribution in [0.5, 0.6) is 5.75 Å². The number of hydrogen-bond donors (Lipinski definition) is 1. The molecule has 0 saturated carbocycles. The first-order chi connectivity index (χ1) is 12.7. The molecule has 0 bridgehead atoms. The number of aryl methyl sites for hydroxylation is 1. The molecule has 0 radical (unpaired) electrons. The number of carbonyl (C=O) groups excluding carboxylic acids is 1. The van der Waals surface area contributed by atoms with Gasteiger partial charge in [-0.2, -0.15) is 0 Å². The fourth-order valence-corrected chi connectivity index (χ4v) is 3.67. The molecular weight excluding hydrogens is 324 g/mol. The number of likely N-dealkylation sites (tertiary alicyclic amines) is 1. The van der Waals surface area contributed by atoms with Crippen LogP contribution in [0.2, 0.25) is 0 Å². The molecule has 2 aromatic rings. The van der Waals surface area contributed by atoms with Crippen molar-refractivity contribution in [2.75, 3.05) is 26.2 Å². The third-order valence-electron chi connectivity index (χ3n) is 5.07. The summed E-state index contributed by atoms with van der Waals surface area (Å²) in [7, 11) is 0. The van der Waals surface area contributed by atoms with Crippen LogP contribution >= 0.6 is 0 Å². The Balaban J connectivity index is 1.60. The normalized spacial score (nSPS) is 17.2. The number of ether oxygens (including phenoxy) is 1. The molecule has 138 valence electrons. The van der Waals surface area contributed by atoms with E-state index in [1.807, 2.05) is 29.2 Å². The predicted octanol–water partition coefficient (Wildman–Crippen LogP) is 3.28. The lowest BCUT2D eigenvalue weighted by molar-refractivity contribution is -0.131. The molecule has 1 saturated heterocycles. The number of rotatable bonds is 6. The van der Waals surface area contributed by atoms with Gasteiger partial charge in [-0.05, 0) is 48.6 Å². The summed E-state index contributed by atoms with van der Waals surface area (Å²) in [5, 5.41) is 0. The second-order valence-corrected chi connectivity index (χ2v) is 6.99. The van der Waals surface area contributed by atoms with Crippen LogP contribution in [0.1, 0.15) is 35.4 Å². The highest BCUT2D eigenvalue weighted by Gasteiger charge is 2.25. The monoisotopic (exact) mass is 352 g/mol. The molecule has 0 aromatic heterocycles. The summed E-state index contributed by atoms with van der Waals surface area (Å²) < 4.78 is 5.49. The van der Waals surface area contributed by atoms with Crippen molar-refractivity contribution in [2.45, 2.75) is 32.1 Å². The number of piperidine rings is 1. The molecule has 2 aromatic carbocycles. The average molecular weight is 352 g/mol. The molecule has 1 fully saturated rings. The van der Waals surface area contributed by atoms with Crippen LogP contribution in [0.3, 0.4) is 0 Å². The average Bonchev–Trinajstić information content (AvgIpc) is 2.68. The van der Waals surface area contributed by atoms with E-state index in [2.05, 4.69) is 31.2 Å². The highest BCUT2D eigenvalue weighted by atomic mass is 16.5. The maximum Gasteiger partial charge on any atom is 0.227 e. The molecule has 26 heavy (non-hydrogen) atoms.